The van der Waals surface area contributed by atoms with Crippen LogP contribution in [0.25, 0.3) is 11.1 Å². The third kappa shape index (κ3) is 3.02. The number of aryl methyl sites for hydroxylation is 2. The molecule has 0 N–H and O–H groups in total. The number of rotatable bonds is 1. The fourth-order valence-electron chi connectivity index (χ4n) is 1.34. The van der Waals surface area contributed by atoms with Crippen molar-refractivity contribution in [3.63, 3.8) is 0 Å². The molecule has 0 amide bonds. The van der Waals surface area contributed by atoms with Crippen LogP contribution in [0.15, 0.2) is 36.4 Å². The van der Waals surface area contributed by atoms with E-state index in [1.54, 1.807) is 0 Å². The molecule has 0 aliphatic rings. The second-order valence-electron chi connectivity index (χ2n) is 3.56. The molecule has 2 rings (SSSR count). The zero-order valence-electron chi connectivity index (χ0n) is 8.80. The summed E-state index contributed by atoms with van der Waals surface area (Å²) >= 11 is 0. The fraction of sp³-hybridized carbons (Fsp3) is 0.143. The zero-order valence-corrected chi connectivity index (χ0v) is 11.2. The van der Waals surface area contributed by atoms with E-state index in [9.17, 15) is 0 Å². The average Bonchev–Trinajstić information content (AvgIpc) is 2.21. The molecule has 0 aliphatic carbocycles. The monoisotopic (exact) mass is 373 g/mol. The van der Waals surface area contributed by atoms with E-state index < -0.39 is 0 Å². The van der Waals surface area contributed by atoms with Crippen molar-refractivity contribution in [2.45, 2.75) is 13.8 Å². The van der Waals surface area contributed by atoms with Crippen LogP contribution in [0.5, 0.6) is 0 Å². The van der Waals surface area contributed by atoms with E-state index in [-0.39, 0.29) is 20.1 Å². The standard InChI is InChI=1S/C14H12.Ir/c1-11-3-7-13(8-4-11)14-9-5-12(2)6-10-14;/h3-7,9H,1-2H3;/q-2;. The smallest absolute Gasteiger partial charge is 0 e. The van der Waals surface area contributed by atoms with E-state index in [0.29, 0.717) is 0 Å². The van der Waals surface area contributed by atoms with E-state index in [2.05, 4.69) is 50.2 Å². The van der Waals surface area contributed by atoms with Gasteiger partial charge in [0.15, 0.2) is 0 Å². The van der Waals surface area contributed by atoms with Crippen LogP contribution in [-0.4, -0.2) is 0 Å². The number of hydrogen-bond acceptors (Lipinski definition) is 0. The van der Waals surface area contributed by atoms with Crippen LogP contribution in [-0.2, 0) is 20.1 Å². The Balaban J connectivity index is 0.00000112. The minimum absolute atomic E-state index is 0. The van der Waals surface area contributed by atoms with Crippen LogP contribution in [0.3, 0.4) is 0 Å². The summed E-state index contributed by atoms with van der Waals surface area (Å²) in [5.41, 5.74) is 4.69. The summed E-state index contributed by atoms with van der Waals surface area (Å²) in [5, 5.41) is 0. The van der Waals surface area contributed by atoms with Gasteiger partial charge in [-0.3, -0.25) is 0 Å². The van der Waals surface area contributed by atoms with Gasteiger partial charge in [0.25, 0.3) is 0 Å². The molecule has 79 valence electrons. The first kappa shape index (κ1) is 12.2. The minimum Gasteiger partial charge on any atom is -0.226 e. The molecule has 2 aromatic carbocycles. The van der Waals surface area contributed by atoms with Crippen molar-refractivity contribution in [1.29, 1.82) is 0 Å². The van der Waals surface area contributed by atoms with Crippen molar-refractivity contribution < 1.29 is 20.1 Å². The topological polar surface area (TPSA) is 0 Å². The third-order valence-corrected chi connectivity index (χ3v) is 2.23. The van der Waals surface area contributed by atoms with Gasteiger partial charge >= 0.3 is 0 Å². The summed E-state index contributed by atoms with van der Waals surface area (Å²) in [5.74, 6) is 0. The van der Waals surface area contributed by atoms with Crippen molar-refractivity contribution >= 4 is 0 Å². The molecule has 0 bridgehead atoms. The van der Waals surface area contributed by atoms with Crippen molar-refractivity contribution in [2.24, 2.45) is 0 Å². The summed E-state index contributed by atoms with van der Waals surface area (Å²) in [6.45, 7) is 4.14. The van der Waals surface area contributed by atoms with Crippen molar-refractivity contribution in [3.05, 3.63) is 59.7 Å². The summed E-state index contributed by atoms with van der Waals surface area (Å²) in [4.78, 5) is 0. The van der Waals surface area contributed by atoms with Crippen LogP contribution in [0.4, 0.5) is 0 Å². The van der Waals surface area contributed by atoms with E-state index in [1.807, 2.05) is 12.1 Å². The maximum atomic E-state index is 3.24. The van der Waals surface area contributed by atoms with Crippen LogP contribution in [0.1, 0.15) is 11.1 Å². The van der Waals surface area contributed by atoms with Gasteiger partial charge in [-0.15, -0.1) is 11.1 Å². The van der Waals surface area contributed by atoms with Crippen molar-refractivity contribution in [3.8, 4) is 11.1 Å². The molecular weight excluding hydrogens is 360 g/mol. The van der Waals surface area contributed by atoms with Gasteiger partial charge in [-0.2, -0.15) is 48.5 Å². The maximum absolute atomic E-state index is 3.24. The van der Waals surface area contributed by atoms with Crippen molar-refractivity contribution in [1.82, 2.24) is 0 Å². The van der Waals surface area contributed by atoms with Crippen LogP contribution < -0.4 is 0 Å². The van der Waals surface area contributed by atoms with Crippen LogP contribution >= 0.6 is 0 Å². The molecule has 0 saturated carbocycles. The Labute approximate surface area is 105 Å². The Morgan fingerprint density at radius 3 is 1.40 bits per heavy atom. The fourth-order valence-corrected chi connectivity index (χ4v) is 1.34. The normalized spacial score (nSPS) is 9.47. The van der Waals surface area contributed by atoms with Crippen LogP contribution in [0, 0.1) is 26.0 Å². The van der Waals surface area contributed by atoms with Gasteiger partial charge in [-0.25, -0.2) is 11.1 Å². The SMILES string of the molecule is Cc1c[c-]c(-c2[c-]cc(C)cc2)cc1.[Ir]. The minimum atomic E-state index is 0. The molecule has 0 nitrogen and oxygen atoms in total. The largest absolute Gasteiger partial charge is 0.226 e. The van der Waals surface area contributed by atoms with E-state index in [4.69, 9.17) is 0 Å². The molecule has 15 heavy (non-hydrogen) atoms. The number of hydrogen-bond donors (Lipinski definition) is 0. The molecule has 0 unspecified atom stereocenters. The van der Waals surface area contributed by atoms with Gasteiger partial charge in [-0.05, 0) is 0 Å². The molecular formula is C14H12Ir-2. The Bertz CT molecular complexity index is 369. The first-order valence-corrected chi connectivity index (χ1v) is 4.73. The van der Waals surface area contributed by atoms with Gasteiger partial charge in [0.05, 0.1) is 0 Å². The summed E-state index contributed by atoms with van der Waals surface area (Å²) < 4.78 is 0. The molecule has 0 spiro atoms. The Kier molecular flexibility index (Phi) is 4.26. The first-order valence-electron chi connectivity index (χ1n) is 4.73. The third-order valence-electron chi connectivity index (χ3n) is 2.23. The van der Waals surface area contributed by atoms with Crippen molar-refractivity contribution in [2.75, 3.05) is 0 Å². The van der Waals surface area contributed by atoms with Gasteiger partial charge < -0.3 is 0 Å². The Morgan fingerprint density at radius 1 is 0.733 bits per heavy atom. The molecule has 0 atom stereocenters. The second kappa shape index (κ2) is 5.25. The molecule has 0 aliphatic heterocycles. The summed E-state index contributed by atoms with van der Waals surface area (Å²) in [6, 6.07) is 18.8. The van der Waals surface area contributed by atoms with Gasteiger partial charge in [0.2, 0.25) is 0 Å². The first-order chi connectivity index (χ1) is 6.75. The van der Waals surface area contributed by atoms with E-state index >= 15 is 0 Å². The van der Waals surface area contributed by atoms with E-state index in [1.165, 1.54) is 11.1 Å². The molecule has 2 aromatic rings. The predicted molar refractivity (Wildman–Crippen MR) is 59.0 cm³/mol. The second-order valence-corrected chi connectivity index (χ2v) is 3.56. The van der Waals surface area contributed by atoms with Gasteiger partial charge in [-0.1, -0.05) is 13.8 Å². The van der Waals surface area contributed by atoms with Gasteiger partial charge in [0, 0.05) is 20.1 Å². The average molecular weight is 372 g/mol. The zero-order chi connectivity index (χ0) is 9.97. The van der Waals surface area contributed by atoms with Gasteiger partial charge in [0.1, 0.15) is 0 Å². The molecule has 0 heterocycles. The number of benzene rings is 2. The Hall–Kier alpha value is -0.911. The molecule has 1 radical (unpaired) electrons. The quantitative estimate of drug-likeness (QED) is 0.672. The summed E-state index contributed by atoms with van der Waals surface area (Å²) in [7, 11) is 0. The molecule has 0 fully saturated rings. The molecule has 0 saturated heterocycles. The summed E-state index contributed by atoms with van der Waals surface area (Å²) in [6.07, 6.45) is 0. The van der Waals surface area contributed by atoms with E-state index in [0.717, 1.165) is 11.1 Å². The Morgan fingerprint density at radius 2 is 1.13 bits per heavy atom. The molecule has 1 heteroatoms. The molecule has 0 aromatic heterocycles. The van der Waals surface area contributed by atoms with Crippen LogP contribution in [0.2, 0.25) is 0 Å². The maximum Gasteiger partial charge on any atom is 0 e. The predicted octanol–water partition coefficient (Wildman–Crippen LogP) is 3.57.